The Labute approximate surface area is 115 Å². The van der Waals surface area contributed by atoms with E-state index >= 15 is 0 Å². The summed E-state index contributed by atoms with van der Waals surface area (Å²) in [5.41, 5.74) is 5.35. The van der Waals surface area contributed by atoms with Gasteiger partial charge in [-0.05, 0) is 48.6 Å². The van der Waals surface area contributed by atoms with Gasteiger partial charge >= 0.3 is 0 Å². The van der Waals surface area contributed by atoms with Crippen LogP contribution in [0.3, 0.4) is 0 Å². The molecule has 1 unspecified atom stereocenters. The van der Waals surface area contributed by atoms with Gasteiger partial charge in [0.25, 0.3) is 0 Å². The van der Waals surface area contributed by atoms with Crippen molar-refractivity contribution >= 4 is 5.69 Å². The van der Waals surface area contributed by atoms with Gasteiger partial charge in [-0.25, -0.2) is 0 Å². The van der Waals surface area contributed by atoms with Crippen LogP contribution < -0.4 is 4.90 Å². The van der Waals surface area contributed by atoms with E-state index in [-0.39, 0.29) is 0 Å². The van der Waals surface area contributed by atoms with Crippen molar-refractivity contribution in [2.45, 2.75) is 25.2 Å². The van der Waals surface area contributed by atoms with Gasteiger partial charge in [0.2, 0.25) is 0 Å². The molecule has 2 aromatic rings. The molecule has 0 spiro atoms. The molecule has 0 saturated heterocycles. The number of anilines is 1. The van der Waals surface area contributed by atoms with E-state index in [1.54, 1.807) is 0 Å². The van der Waals surface area contributed by atoms with E-state index < -0.39 is 0 Å². The Morgan fingerprint density at radius 1 is 1.11 bits per heavy atom. The lowest BCUT2D eigenvalue weighted by Gasteiger charge is -2.25. The zero-order valence-corrected chi connectivity index (χ0v) is 11.6. The predicted molar refractivity (Wildman–Crippen MR) is 79.8 cm³/mol. The first-order chi connectivity index (χ1) is 9.25. The number of benzene rings is 1. The van der Waals surface area contributed by atoms with E-state index in [1.807, 2.05) is 6.20 Å². The molecule has 1 aromatic carbocycles. The highest BCUT2D eigenvalue weighted by Crippen LogP contribution is 2.35. The second-order valence-corrected chi connectivity index (χ2v) is 5.48. The largest absolute Gasteiger partial charge is 0.378 e. The molecule has 1 aliphatic rings. The van der Waals surface area contributed by atoms with Gasteiger partial charge in [-0.15, -0.1) is 0 Å². The molecule has 0 amide bonds. The molecule has 1 aromatic heterocycles. The average molecular weight is 252 g/mol. The fourth-order valence-corrected chi connectivity index (χ4v) is 2.94. The van der Waals surface area contributed by atoms with Crippen LogP contribution in [0, 0.1) is 0 Å². The lowest BCUT2D eigenvalue weighted by Crippen LogP contribution is -2.13. The lowest BCUT2D eigenvalue weighted by atomic mass is 9.82. The first-order valence-corrected chi connectivity index (χ1v) is 6.97. The maximum atomic E-state index is 4.62. The Balaban J connectivity index is 1.95. The van der Waals surface area contributed by atoms with Crippen LogP contribution in [0.2, 0.25) is 0 Å². The molecular weight excluding hydrogens is 232 g/mol. The normalized spacial score (nSPS) is 17.9. The third-order valence-electron chi connectivity index (χ3n) is 4.01. The molecule has 3 rings (SSSR count). The number of fused-ring (bicyclic) bond motifs is 1. The van der Waals surface area contributed by atoms with Gasteiger partial charge < -0.3 is 4.90 Å². The molecule has 0 bridgehead atoms. The van der Waals surface area contributed by atoms with Crippen LogP contribution in [0.15, 0.2) is 42.6 Å². The molecule has 0 fully saturated rings. The maximum absolute atomic E-state index is 4.62. The zero-order chi connectivity index (χ0) is 13.2. The van der Waals surface area contributed by atoms with Crippen molar-refractivity contribution in [3.8, 4) is 0 Å². The highest BCUT2D eigenvalue weighted by atomic mass is 15.1. The summed E-state index contributed by atoms with van der Waals surface area (Å²) in [6.07, 6.45) is 5.57. The summed E-state index contributed by atoms with van der Waals surface area (Å²) in [5.74, 6) is 0.473. The third kappa shape index (κ3) is 2.35. The molecule has 2 heteroatoms. The molecule has 19 heavy (non-hydrogen) atoms. The van der Waals surface area contributed by atoms with E-state index in [1.165, 1.54) is 41.8 Å². The molecule has 1 heterocycles. The number of hydrogen-bond acceptors (Lipinski definition) is 2. The summed E-state index contributed by atoms with van der Waals surface area (Å²) in [4.78, 5) is 6.76. The van der Waals surface area contributed by atoms with E-state index in [9.17, 15) is 0 Å². The summed E-state index contributed by atoms with van der Waals surface area (Å²) in [7, 11) is 4.15. The topological polar surface area (TPSA) is 16.1 Å². The van der Waals surface area contributed by atoms with Gasteiger partial charge in [-0.2, -0.15) is 0 Å². The minimum atomic E-state index is 0.473. The zero-order valence-electron chi connectivity index (χ0n) is 11.6. The fourth-order valence-electron chi connectivity index (χ4n) is 2.94. The summed E-state index contributed by atoms with van der Waals surface area (Å²) in [5, 5.41) is 0. The molecule has 98 valence electrons. The van der Waals surface area contributed by atoms with Crippen LogP contribution in [-0.2, 0) is 6.42 Å². The molecule has 0 radical (unpaired) electrons. The highest BCUT2D eigenvalue weighted by molar-refractivity contribution is 5.48. The quantitative estimate of drug-likeness (QED) is 0.811. The van der Waals surface area contributed by atoms with Crippen LogP contribution >= 0.6 is 0 Å². The second kappa shape index (κ2) is 5.04. The molecular formula is C17H20N2. The standard InChI is InChI=1S/C17H20N2/c1-19(2)15-10-8-13(9-11-15)16-7-3-5-14-6-4-12-18-17(14)16/h4,6,8-12,16H,3,5,7H2,1-2H3. The Morgan fingerprint density at radius 3 is 2.63 bits per heavy atom. The van der Waals surface area contributed by atoms with E-state index in [4.69, 9.17) is 0 Å². The number of aromatic nitrogens is 1. The van der Waals surface area contributed by atoms with E-state index in [0.717, 1.165) is 0 Å². The van der Waals surface area contributed by atoms with Gasteiger partial charge in [-0.1, -0.05) is 18.2 Å². The smallest absolute Gasteiger partial charge is 0.0510 e. The third-order valence-corrected chi connectivity index (χ3v) is 4.01. The number of nitrogens with zero attached hydrogens (tertiary/aromatic N) is 2. The lowest BCUT2D eigenvalue weighted by molar-refractivity contribution is 0.599. The minimum Gasteiger partial charge on any atom is -0.378 e. The van der Waals surface area contributed by atoms with Crippen molar-refractivity contribution < 1.29 is 0 Å². The van der Waals surface area contributed by atoms with Crippen molar-refractivity contribution in [3.05, 3.63) is 59.4 Å². The minimum absolute atomic E-state index is 0.473. The number of pyridine rings is 1. The van der Waals surface area contributed by atoms with Gasteiger partial charge in [0.15, 0.2) is 0 Å². The summed E-state index contributed by atoms with van der Waals surface area (Å²) in [6, 6.07) is 13.2. The van der Waals surface area contributed by atoms with Crippen molar-refractivity contribution in [2.75, 3.05) is 19.0 Å². The van der Waals surface area contributed by atoms with Crippen molar-refractivity contribution in [2.24, 2.45) is 0 Å². The first-order valence-electron chi connectivity index (χ1n) is 6.97. The van der Waals surface area contributed by atoms with Crippen LogP contribution in [0.1, 0.15) is 35.6 Å². The van der Waals surface area contributed by atoms with Crippen LogP contribution in [0.5, 0.6) is 0 Å². The second-order valence-electron chi connectivity index (χ2n) is 5.48. The summed E-state index contributed by atoms with van der Waals surface area (Å²) >= 11 is 0. The Bertz CT molecular complexity index is 558. The SMILES string of the molecule is CN(C)c1ccc(C2CCCc3cccnc32)cc1. The molecule has 0 aliphatic heterocycles. The number of hydrogen-bond donors (Lipinski definition) is 0. The molecule has 0 N–H and O–H groups in total. The Morgan fingerprint density at radius 2 is 1.89 bits per heavy atom. The Kier molecular flexibility index (Phi) is 3.24. The van der Waals surface area contributed by atoms with E-state index in [2.05, 4.69) is 60.4 Å². The van der Waals surface area contributed by atoms with Crippen LogP contribution in [0.25, 0.3) is 0 Å². The summed E-state index contributed by atoms with van der Waals surface area (Å²) in [6.45, 7) is 0. The predicted octanol–water partition coefficient (Wildman–Crippen LogP) is 3.62. The van der Waals surface area contributed by atoms with Gasteiger partial charge in [-0.3, -0.25) is 4.98 Å². The monoisotopic (exact) mass is 252 g/mol. The van der Waals surface area contributed by atoms with Crippen molar-refractivity contribution in [1.82, 2.24) is 4.98 Å². The number of rotatable bonds is 2. The molecule has 1 atom stereocenters. The van der Waals surface area contributed by atoms with E-state index in [0.29, 0.717) is 5.92 Å². The van der Waals surface area contributed by atoms with Gasteiger partial charge in [0.1, 0.15) is 0 Å². The van der Waals surface area contributed by atoms with Crippen LogP contribution in [0.4, 0.5) is 5.69 Å². The fraction of sp³-hybridized carbons (Fsp3) is 0.353. The highest BCUT2D eigenvalue weighted by Gasteiger charge is 2.22. The first kappa shape index (κ1) is 12.2. The van der Waals surface area contributed by atoms with Gasteiger partial charge in [0.05, 0.1) is 5.69 Å². The van der Waals surface area contributed by atoms with Gasteiger partial charge in [0, 0.05) is 31.9 Å². The Hall–Kier alpha value is -1.83. The molecule has 0 saturated carbocycles. The maximum Gasteiger partial charge on any atom is 0.0510 e. The van der Waals surface area contributed by atoms with Crippen LogP contribution in [-0.4, -0.2) is 19.1 Å². The molecule has 1 aliphatic carbocycles. The average Bonchev–Trinajstić information content (AvgIpc) is 2.47. The molecule has 2 nitrogen and oxygen atoms in total. The number of aryl methyl sites for hydroxylation is 1. The van der Waals surface area contributed by atoms with Crippen molar-refractivity contribution in [3.63, 3.8) is 0 Å². The summed E-state index contributed by atoms with van der Waals surface area (Å²) < 4.78 is 0. The van der Waals surface area contributed by atoms with Crippen molar-refractivity contribution in [1.29, 1.82) is 0 Å².